The van der Waals surface area contributed by atoms with E-state index >= 15 is 0 Å². The minimum absolute atomic E-state index is 0.0240. The summed E-state index contributed by atoms with van der Waals surface area (Å²) < 4.78 is 5.23. The Hall–Kier alpha value is -1.40. The quantitative estimate of drug-likeness (QED) is 0.885. The van der Waals surface area contributed by atoms with Gasteiger partial charge in [-0.25, -0.2) is 0 Å². The first-order chi connectivity index (χ1) is 11.4. The van der Waals surface area contributed by atoms with Gasteiger partial charge in [0.25, 0.3) is 0 Å². The third-order valence-corrected chi connectivity index (χ3v) is 5.21. The summed E-state index contributed by atoms with van der Waals surface area (Å²) in [7, 11) is 0. The van der Waals surface area contributed by atoms with Crippen LogP contribution < -0.4 is 10.6 Å². The zero-order valence-electron chi connectivity index (χ0n) is 15.1. The number of piperidine rings is 1. The van der Waals surface area contributed by atoms with E-state index in [1.165, 1.54) is 32.2 Å². The van der Waals surface area contributed by atoms with Crippen LogP contribution in [0.15, 0.2) is 10.6 Å². The number of anilines is 1. The summed E-state index contributed by atoms with van der Waals surface area (Å²) in [4.78, 5) is 14.5. The summed E-state index contributed by atoms with van der Waals surface area (Å²) in [5.41, 5.74) is 0.769. The highest BCUT2D eigenvalue weighted by molar-refractivity contribution is 5.91. The lowest BCUT2D eigenvalue weighted by atomic mass is 9.88. The maximum Gasteiger partial charge on any atom is 0.240 e. The van der Waals surface area contributed by atoms with Gasteiger partial charge in [-0.2, -0.15) is 0 Å². The van der Waals surface area contributed by atoms with Gasteiger partial charge in [0, 0.05) is 17.5 Å². The van der Waals surface area contributed by atoms with E-state index in [9.17, 15) is 4.79 Å². The molecule has 1 atom stereocenters. The molecule has 2 aliphatic heterocycles. The molecule has 0 aromatic carbocycles. The fourth-order valence-corrected chi connectivity index (χ4v) is 3.69. The summed E-state index contributed by atoms with van der Waals surface area (Å²) in [6.07, 6.45) is 4.98. The fourth-order valence-electron chi connectivity index (χ4n) is 3.69. The van der Waals surface area contributed by atoms with Crippen molar-refractivity contribution in [2.75, 3.05) is 31.5 Å². The highest BCUT2D eigenvalue weighted by Gasteiger charge is 2.29. The molecule has 0 aliphatic carbocycles. The van der Waals surface area contributed by atoms with Crippen LogP contribution in [0.25, 0.3) is 0 Å². The molecule has 1 aromatic rings. The summed E-state index contributed by atoms with van der Waals surface area (Å²) in [5, 5.41) is 10.5. The van der Waals surface area contributed by atoms with E-state index in [0.717, 1.165) is 24.7 Å². The summed E-state index contributed by atoms with van der Waals surface area (Å²) >= 11 is 0. The van der Waals surface area contributed by atoms with Gasteiger partial charge in [-0.3, -0.25) is 15.0 Å². The molecule has 3 heterocycles. The van der Waals surface area contributed by atoms with Crippen LogP contribution in [0.1, 0.15) is 52.1 Å². The van der Waals surface area contributed by atoms with E-state index in [2.05, 4.69) is 41.5 Å². The number of aromatic nitrogens is 1. The van der Waals surface area contributed by atoms with Gasteiger partial charge in [0.1, 0.15) is 0 Å². The molecule has 6 nitrogen and oxygen atoms in total. The Kier molecular flexibility index (Phi) is 5.25. The van der Waals surface area contributed by atoms with Crippen molar-refractivity contribution < 1.29 is 9.32 Å². The van der Waals surface area contributed by atoms with E-state index in [4.69, 9.17) is 4.52 Å². The highest BCUT2D eigenvalue weighted by Crippen LogP contribution is 2.26. The number of carbonyl (C=O) groups is 1. The Labute approximate surface area is 144 Å². The number of carbonyl (C=O) groups excluding carboxylic acids is 1. The molecule has 1 amide bonds. The number of hydrogen-bond acceptors (Lipinski definition) is 5. The number of rotatable bonds is 4. The molecule has 6 heteroatoms. The molecule has 3 rings (SSSR count). The molecular formula is C18H30N4O2. The van der Waals surface area contributed by atoms with Gasteiger partial charge in [0.15, 0.2) is 0 Å². The van der Waals surface area contributed by atoms with Gasteiger partial charge >= 0.3 is 0 Å². The average molecular weight is 334 g/mol. The van der Waals surface area contributed by atoms with Gasteiger partial charge in [-0.05, 0) is 51.2 Å². The van der Waals surface area contributed by atoms with Crippen molar-refractivity contribution in [3.05, 3.63) is 11.8 Å². The summed E-state index contributed by atoms with van der Waals surface area (Å²) in [6.45, 7) is 9.80. The van der Waals surface area contributed by atoms with Gasteiger partial charge in [-0.1, -0.05) is 25.9 Å². The van der Waals surface area contributed by atoms with E-state index in [-0.39, 0.29) is 11.3 Å². The predicted molar refractivity (Wildman–Crippen MR) is 94.0 cm³/mol. The van der Waals surface area contributed by atoms with E-state index in [1.807, 2.05) is 6.07 Å². The molecular weight excluding hydrogens is 304 g/mol. The number of nitrogens with one attached hydrogen (secondary N) is 2. The topological polar surface area (TPSA) is 70.4 Å². The van der Waals surface area contributed by atoms with E-state index in [1.54, 1.807) is 0 Å². The van der Waals surface area contributed by atoms with Gasteiger partial charge in [0.05, 0.1) is 12.2 Å². The Bertz CT molecular complexity index is 550. The third kappa shape index (κ3) is 4.36. The second-order valence-corrected chi connectivity index (χ2v) is 8.19. The standard InChI is InChI=1S/C18H30N4O2/c1-18(2,3)15-11-17(24-21-15)20-16(23)12-22-9-6-13(7-10-22)14-5-4-8-19-14/h11,13-14,19H,4-10,12H2,1-3H3,(H,20,23). The molecule has 2 N–H and O–H groups in total. The molecule has 0 spiro atoms. The molecule has 0 saturated carbocycles. The number of likely N-dealkylation sites (tertiary alicyclic amines) is 1. The van der Waals surface area contributed by atoms with Gasteiger partial charge in [0.2, 0.25) is 11.8 Å². The van der Waals surface area contributed by atoms with E-state index < -0.39 is 0 Å². The van der Waals surface area contributed by atoms with Crippen molar-refractivity contribution in [1.82, 2.24) is 15.4 Å². The van der Waals surface area contributed by atoms with Crippen molar-refractivity contribution in [3.63, 3.8) is 0 Å². The number of amides is 1. The summed E-state index contributed by atoms with van der Waals surface area (Å²) in [5.74, 6) is 1.19. The minimum Gasteiger partial charge on any atom is -0.338 e. The molecule has 0 bridgehead atoms. The largest absolute Gasteiger partial charge is 0.338 e. The minimum atomic E-state index is -0.0807. The maximum absolute atomic E-state index is 12.2. The molecule has 1 unspecified atom stereocenters. The van der Waals surface area contributed by atoms with E-state index in [0.29, 0.717) is 18.5 Å². The highest BCUT2D eigenvalue weighted by atomic mass is 16.5. The summed E-state index contributed by atoms with van der Waals surface area (Å²) in [6, 6.07) is 2.52. The Balaban J connectivity index is 1.43. The third-order valence-electron chi connectivity index (χ3n) is 5.21. The fraction of sp³-hybridized carbons (Fsp3) is 0.778. The lowest BCUT2D eigenvalue weighted by Crippen LogP contribution is -2.43. The predicted octanol–water partition coefficient (Wildman–Crippen LogP) is 2.37. The molecule has 0 radical (unpaired) electrons. The van der Waals surface area contributed by atoms with Crippen LogP contribution >= 0.6 is 0 Å². The Morgan fingerprint density at radius 3 is 2.71 bits per heavy atom. The monoisotopic (exact) mass is 334 g/mol. The first kappa shape index (κ1) is 17.4. The molecule has 134 valence electrons. The maximum atomic E-state index is 12.2. The first-order valence-corrected chi connectivity index (χ1v) is 9.14. The van der Waals surface area contributed by atoms with Crippen LogP contribution in [0.3, 0.4) is 0 Å². The molecule has 2 aliphatic rings. The number of hydrogen-bond donors (Lipinski definition) is 2. The van der Waals surface area contributed by atoms with Crippen LogP contribution in [0.2, 0.25) is 0 Å². The van der Waals surface area contributed by atoms with Crippen LogP contribution in [-0.2, 0) is 10.2 Å². The van der Waals surface area contributed by atoms with Crippen LogP contribution in [-0.4, -0.2) is 48.2 Å². The van der Waals surface area contributed by atoms with Crippen LogP contribution in [0.4, 0.5) is 5.88 Å². The molecule has 2 saturated heterocycles. The molecule has 2 fully saturated rings. The lowest BCUT2D eigenvalue weighted by molar-refractivity contribution is -0.117. The zero-order valence-corrected chi connectivity index (χ0v) is 15.1. The average Bonchev–Trinajstić information content (AvgIpc) is 3.18. The second kappa shape index (κ2) is 7.23. The van der Waals surface area contributed by atoms with Crippen LogP contribution in [0.5, 0.6) is 0 Å². The van der Waals surface area contributed by atoms with Gasteiger partial charge in [-0.15, -0.1) is 0 Å². The van der Waals surface area contributed by atoms with Crippen LogP contribution in [0, 0.1) is 5.92 Å². The lowest BCUT2D eigenvalue weighted by Gasteiger charge is -2.34. The smallest absolute Gasteiger partial charge is 0.240 e. The Morgan fingerprint density at radius 1 is 1.38 bits per heavy atom. The number of nitrogens with zero attached hydrogens (tertiary/aromatic N) is 2. The van der Waals surface area contributed by atoms with Crippen molar-refractivity contribution in [3.8, 4) is 0 Å². The van der Waals surface area contributed by atoms with Crippen molar-refractivity contribution in [1.29, 1.82) is 0 Å². The Morgan fingerprint density at radius 2 is 2.12 bits per heavy atom. The first-order valence-electron chi connectivity index (χ1n) is 9.14. The normalized spacial score (nSPS) is 23.5. The second-order valence-electron chi connectivity index (χ2n) is 8.19. The molecule has 1 aromatic heterocycles. The SMILES string of the molecule is CC(C)(C)c1cc(NC(=O)CN2CCC(C3CCCN3)CC2)on1. The van der Waals surface area contributed by atoms with Crippen molar-refractivity contribution in [2.45, 2.75) is 57.9 Å². The molecule has 24 heavy (non-hydrogen) atoms. The van der Waals surface area contributed by atoms with Gasteiger partial charge < -0.3 is 9.84 Å². The van der Waals surface area contributed by atoms with Crippen molar-refractivity contribution in [2.24, 2.45) is 5.92 Å². The van der Waals surface area contributed by atoms with Crippen molar-refractivity contribution >= 4 is 11.8 Å². The zero-order chi connectivity index (χ0) is 17.2.